The minimum atomic E-state index is -0.956. The maximum Gasteiger partial charge on any atom is 0.319 e. The van der Waals surface area contributed by atoms with Gasteiger partial charge in [0.25, 0.3) is 0 Å². The molecule has 0 spiro atoms. The van der Waals surface area contributed by atoms with E-state index in [9.17, 15) is 14.9 Å². The lowest BCUT2D eigenvalue weighted by atomic mass is 10.0. The summed E-state index contributed by atoms with van der Waals surface area (Å²) in [5.41, 5.74) is 2.03. The molecule has 0 bridgehead atoms. The number of aromatic nitrogens is 1. The van der Waals surface area contributed by atoms with Crippen LogP contribution in [0.4, 0.5) is 11.4 Å². The molecule has 1 aromatic carbocycles. The van der Waals surface area contributed by atoms with E-state index in [4.69, 9.17) is 5.11 Å². The van der Waals surface area contributed by atoms with Gasteiger partial charge in [-0.1, -0.05) is 0 Å². The van der Waals surface area contributed by atoms with Crippen molar-refractivity contribution in [2.75, 3.05) is 5.32 Å². The molecule has 1 heterocycles. The van der Waals surface area contributed by atoms with Gasteiger partial charge in [-0.25, -0.2) is 4.98 Å². The molecule has 0 aliphatic carbocycles. The standard InChI is InChI=1S/C12H13N3O4S/c1-6(12(16)17)7(2)14-8-3-4-9-10(13-5-20-9)11(8)15(18)19/h3-7,14H,1-2H3,(H,16,17). The molecule has 0 aliphatic heterocycles. The van der Waals surface area contributed by atoms with Crippen molar-refractivity contribution in [3.63, 3.8) is 0 Å². The van der Waals surface area contributed by atoms with Gasteiger partial charge in [-0.2, -0.15) is 0 Å². The molecular formula is C12H13N3O4S. The Morgan fingerprint density at radius 2 is 2.20 bits per heavy atom. The second-order valence-electron chi connectivity index (χ2n) is 4.48. The minimum absolute atomic E-state index is 0.117. The van der Waals surface area contributed by atoms with Gasteiger partial charge in [0.15, 0.2) is 5.52 Å². The first kappa shape index (κ1) is 14.2. The number of benzene rings is 1. The van der Waals surface area contributed by atoms with Gasteiger partial charge in [0.2, 0.25) is 0 Å². The van der Waals surface area contributed by atoms with Crippen LogP contribution in [-0.4, -0.2) is 27.0 Å². The average Bonchev–Trinajstić information content (AvgIpc) is 2.84. The zero-order chi connectivity index (χ0) is 14.9. The summed E-state index contributed by atoms with van der Waals surface area (Å²) < 4.78 is 0.723. The zero-order valence-corrected chi connectivity index (χ0v) is 11.7. The molecule has 2 rings (SSSR count). The van der Waals surface area contributed by atoms with E-state index in [0.717, 1.165) is 4.70 Å². The number of nitrogens with zero attached hydrogens (tertiary/aromatic N) is 2. The highest BCUT2D eigenvalue weighted by Crippen LogP contribution is 2.35. The number of hydrogen-bond acceptors (Lipinski definition) is 6. The second kappa shape index (κ2) is 5.41. The van der Waals surface area contributed by atoms with E-state index >= 15 is 0 Å². The molecule has 0 fully saturated rings. The maximum atomic E-state index is 11.2. The van der Waals surface area contributed by atoms with Crippen LogP contribution >= 0.6 is 11.3 Å². The first-order valence-electron chi connectivity index (χ1n) is 5.91. The van der Waals surface area contributed by atoms with Gasteiger partial charge in [-0.05, 0) is 26.0 Å². The van der Waals surface area contributed by atoms with Crippen LogP contribution in [0.1, 0.15) is 13.8 Å². The van der Waals surface area contributed by atoms with Crippen molar-refractivity contribution in [3.8, 4) is 0 Å². The van der Waals surface area contributed by atoms with Crippen LogP contribution in [0.25, 0.3) is 10.2 Å². The first-order chi connectivity index (χ1) is 9.41. The van der Waals surface area contributed by atoms with Gasteiger partial charge in [0, 0.05) is 6.04 Å². The van der Waals surface area contributed by atoms with E-state index in [2.05, 4.69) is 10.3 Å². The lowest BCUT2D eigenvalue weighted by molar-refractivity contribution is -0.382. The number of carboxylic acid groups (broad SMARTS) is 1. The topological polar surface area (TPSA) is 105 Å². The van der Waals surface area contributed by atoms with Crippen molar-refractivity contribution in [3.05, 3.63) is 27.8 Å². The molecule has 8 heteroatoms. The number of nitro groups is 1. The molecule has 0 saturated carbocycles. The van der Waals surface area contributed by atoms with E-state index in [1.807, 2.05) is 0 Å². The van der Waals surface area contributed by atoms with Gasteiger partial charge in [0.05, 0.1) is 21.1 Å². The zero-order valence-electron chi connectivity index (χ0n) is 10.9. The Hall–Kier alpha value is -2.22. The number of thiazole rings is 1. The summed E-state index contributed by atoms with van der Waals surface area (Å²) >= 11 is 1.32. The molecule has 0 saturated heterocycles. The highest BCUT2D eigenvalue weighted by molar-refractivity contribution is 7.16. The first-order valence-corrected chi connectivity index (χ1v) is 6.79. The van der Waals surface area contributed by atoms with E-state index in [0.29, 0.717) is 5.52 Å². The normalized spacial score (nSPS) is 13.9. The van der Waals surface area contributed by atoms with Gasteiger partial charge < -0.3 is 10.4 Å². The third-order valence-electron chi connectivity index (χ3n) is 3.18. The number of carboxylic acids is 1. The maximum absolute atomic E-state index is 11.2. The summed E-state index contributed by atoms with van der Waals surface area (Å²) in [5.74, 6) is -1.62. The molecule has 7 nitrogen and oxygen atoms in total. The fourth-order valence-corrected chi connectivity index (χ4v) is 2.48. The van der Waals surface area contributed by atoms with Gasteiger partial charge in [-0.3, -0.25) is 14.9 Å². The Kier molecular flexibility index (Phi) is 3.84. The molecule has 0 amide bonds. The molecule has 106 valence electrons. The molecule has 0 aliphatic rings. The Labute approximate surface area is 118 Å². The summed E-state index contributed by atoms with van der Waals surface area (Å²) in [7, 11) is 0. The highest BCUT2D eigenvalue weighted by atomic mass is 32.1. The molecule has 0 radical (unpaired) electrons. The number of rotatable bonds is 5. The second-order valence-corrected chi connectivity index (χ2v) is 5.36. The molecular weight excluding hydrogens is 282 g/mol. The van der Waals surface area contributed by atoms with Crippen molar-refractivity contribution in [1.29, 1.82) is 0 Å². The lowest BCUT2D eigenvalue weighted by Gasteiger charge is -2.18. The van der Waals surface area contributed by atoms with Crippen LogP contribution in [0.3, 0.4) is 0 Å². The molecule has 2 N–H and O–H groups in total. The van der Waals surface area contributed by atoms with E-state index in [1.165, 1.54) is 11.3 Å². The molecule has 20 heavy (non-hydrogen) atoms. The summed E-state index contributed by atoms with van der Waals surface area (Å²) in [6.45, 7) is 3.22. The Balaban J connectivity index is 2.41. The summed E-state index contributed by atoms with van der Waals surface area (Å²) in [4.78, 5) is 25.7. The number of hydrogen-bond donors (Lipinski definition) is 2. The predicted octanol–water partition coefficient (Wildman–Crippen LogP) is 2.73. The van der Waals surface area contributed by atoms with Crippen LogP contribution in [-0.2, 0) is 4.79 Å². The largest absolute Gasteiger partial charge is 0.481 e. The molecule has 2 unspecified atom stereocenters. The van der Waals surface area contributed by atoms with Crippen LogP contribution < -0.4 is 5.32 Å². The fourth-order valence-electron chi connectivity index (χ4n) is 1.80. The smallest absolute Gasteiger partial charge is 0.319 e. The highest BCUT2D eigenvalue weighted by Gasteiger charge is 2.25. The number of fused-ring (bicyclic) bond motifs is 1. The number of nitro benzene ring substituents is 1. The summed E-state index contributed by atoms with van der Waals surface area (Å²) in [5, 5.41) is 23.1. The predicted molar refractivity (Wildman–Crippen MR) is 76.2 cm³/mol. The molecule has 1 aromatic heterocycles. The van der Waals surface area contributed by atoms with Crippen LogP contribution in [0.5, 0.6) is 0 Å². The van der Waals surface area contributed by atoms with Crippen molar-refractivity contribution in [2.24, 2.45) is 5.92 Å². The van der Waals surface area contributed by atoms with Crippen molar-refractivity contribution < 1.29 is 14.8 Å². The van der Waals surface area contributed by atoms with Crippen LogP contribution in [0, 0.1) is 16.0 Å². The van der Waals surface area contributed by atoms with E-state index < -0.39 is 22.9 Å². The summed E-state index contributed by atoms with van der Waals surface area (Å²) in [6.07, 6.45) is 0. The Morgan fingerprint density at radius 1 is 1.50 bits per heavy atom. The number of anilines is 1. The molecule has 2 aromatic rings. The number of nitrogens with one attached hydrogen (secondary N) is 1. The Morgan fingerprint density at radius 3 is 2.80 bits per heavy atom. The van der Waals surface area contributed by atoms with E-state index in [-0.39, 0.29) is 11.4 Å². The van der Waals surface area contributed by atoms with Crippen LogP contribution in [0.2, 0.25) is 0 Å². The van der Waals surface area contributed by atoms with Crippen molar-refractivity contribution in [1.82, 2.24) is 4.98 Å². The summed E-state index contributed by atoms with van der Waals surface area (Å²) in [6, 6.07) is 2.88. The lowest BCUT2D eigenvalue weighted by Crippen LogP contribution is -2.29. The van der Waals surface area contributed by atoms with Crippen LogP contribution in [0.15, 0.2) is 17.6 Å². The van der Waals surface area contributed by atoms with E-state index in [1.54, 1.807) is 31.5 Å². The average molecular weight is 295 g/mol. The quantitative estimate of drug-likeness (QED) is 0.649. The SMILES string of the molecule is CC(Nc1ccc2scnc2c1[N+](=O)[O-])C(C)C(=O)O. The third kappa shape index (κ3) is 2.55. The molecule has 2 atom stereocenters. The monoisotopic (exact) mass is 295 g/mol. The third-order valence-corrected chi connectivity index (χ3v) is 3.98. The van der Waals surface area contributed by atoms with Gasteiger partial charge in [-0.15, -0.1) is 11.3 Å². The Bertz CT molecular complexity index is 670. The van der Waals surface area contributed by atoms with Crippen molar-refractivity contribution in [2.45, 2.75) is 19.9 Å². The number of aliphatic carboxylic acids is 1. The minimum Gasteiger partial charge on any atom is -0.481 e. The van der Waals surface area contributed by atoms with Gasteiger partial charge in [0.1, 0.15) is 5.69 Å². The van der Waals surface area contributed by atoms with Crippen molar-refractivity contribution >= 4 is 38.9 Å². The van der Waals surface area contributed by atoms with Gasteiger partial charge >= 0.3 is 11.7 Å². The number of carbonyl (C=O) groups is 1. The fraction of sp³-hybridized carbons (Fsp3) is 0.333.